The van der Waals surface area contributed by atoms with Gasteiger partial charge in [0.05, 0.1) is 0 Å². The predicted molar refractivity (Wildman–Crippen MR) is 121 cm³/mol. The quantitative estimate of drug-likeness (QED) is 0.365. The first-order chi connectivity index (χ1) is 13.7. The molecule has 0 atom stereocenters. The van der Waals surface area contributed by atoms with Gasteiger partial charge in [0.1, 0.15) is 0 Å². The Morgan fingerprint density at radius 3 is 1.89 bits per heavy atom. The highest BCUT2D eigenvalue weighted by atomic mass is 14.3. The van der Waals surface area contributed by atoms with E-state index in [0.29, 0.717) is 0 Å². The molecule has 28 heavy (non-hydrogen) atoms. The molecule has 0 nitrogen and oxygen atoms in total. The molecule has 2 aromatic rings. The molecule has 1 saturated carbocycles. The van der Waals surface area contributed by atoms with Crippen molar-refractivity contribution in [2.45, 2.75) is 65.2 Å². The molecule has 0 unspecified atom stereocenters. The molecule has 0 amide bonds. The molecule has 0 aliphatic heterocycles. The van der Waals surface area contributed by atoms with Gasteiger partial charge in [-0.25, -0.2) is 0 Å². The fraction of sp³-hybridized carbons (Fsp3) is 0.429. The number of benzene rings is 2. The lowest BCUT2D eigenvalue weighted by Gasteiger charge is -2.28. The van der Waals surface area contributed by atoms with Gasteiger partial charge in [0.25, 0.3) is 0 Å². The van der Waals surface area contributed by atoms with E-state index in [0.717, 1.165) is 23.0 Å². The van der Waals surface area contributed by atoms with Crippen LogP contribution in [0.25, 0.3) is 0 Å². The van der Waals surface area contributed by atoms with Crippen molar-refractivity contribution in [2.24, 2.45) is 11.8 Å². The van der Waals surface area contributed by atoms with Crippen molar-refractivity contribution < 1.29 is 0 Å². The van der Waals surface area contributed by atoms with Crippen LogP contribution in [0.5, 0.6) is 0 Å². The summed E-state index contributed by atoms with van der Waals surface area (Å²) in [4.78, 5) is 0. The van der Waals surface area contributed by atoms with Gasteiger partial charge in [-0.15, -0.1) is 0 Å². The molecule has 0 spiro atoms. The van der Waals surface area contributed by atoms with Crippen LogP contribution in [-0.4, -0.2) is 0 Å². The van der Waals surface area contributed by atoms with Crippen molar-refractivity contribution in [3.05, 3.63) is 82.9 Å². The van der Waals surface area contributed by atoms with Crippen LogP contribution in [0.15, 0.2) is 60.7 Å². The maximum absolute atomic E-state index is 3.28. The average Bonchev–Trinajstić information content (AvgIpc) is 2.74. The molecule has 2 aromatic carbocycles. The highest BCUT2D eigenvalue weighted by Crippen LogP contribution is 2.34. The van der Waals surface area contributed by atoms with Crippen molar-refractivity contribution in [3.63, 3.8) is 0 Å². The third kappa shape index (κ3) is 6.72. The molecule has 0 heteroatoms. The third-order valence-electron chi connectivity index (χ3n) is 6.14. The van der Waals surface area contributed by atoms with Crippen molar-refractivity contribution in [1.29, 1.82) is 0 Å². The van der Waals surface area contributed by atoms with Gasteiger partial charge in [-0.1, -0.05) is 79.5 Å². The summed E-state index contributed by atoms with van der Waals surface area (Å²) in [6, 6.07) is 17.3. The molecule has 0 heterocycles. The molecule has 0 bridgehead atoms. The first-order valence-corrected chi connectivity index (χ1v) is 11.0. The Labute approximate surface area is 172 Å². The van der Waals surface area contributed by atoms with Crippen molar-refractivity contribution in [1.82, 2.24) is 0 Å². The van der Waals surface area contributed by atoms with E-state index in [9.17, 15) is 0 Å². The van der Waals surface area contributed by atoms with Gasteiger partial charge < -0.3 is 0 Å². The van der Waals surface area contributed by atoms with Gasteiger partial charge in [0, 0.05) is 11.1 Å². The molecule has 1 aliphatic carbocycles. The number of aryl methyl sites for hydroxylation is 2. The topological polar surface area (TPSA) is 0 Å². The second-order valence-electron chi connectivity index (χ2n) is 8.38. The Morgan fingerprint density at radius 1 is 0.786 bits per heavy atom. The van der Waals surface area contributed by atoms with Gasteiger partial charge >= 0.3 is 0 Å². The molecular weight excluding hydrogens is 336 g/mol. The molecular formula is C28H34. The fourth-order valence-corrected chi connectivity index (χ4v) is 4.21. The van der Waals surface area contributed by atoms with Gasteiger partial charge in [0.2, 0.25) is 0 Å². The standard InChI is InChI=1S/C28H34/c1-3-4-5-6-24-11-13-26(14-12-24)17-18-28-21-19-27(20-22-28)16-15-25-9-7-23(2)8-10-25/h3-4,7-10,19-22,24,26H,5-6,11-14,17-18H2,1-2H3/b4-3+. The molecule has 0 aromatic heterocycles. The lowest BCUT2D eigenvalue weighted by Crippen LogP contribution is -2.15. The van der Waals surface area contributed by atoms with E-state index in [2.05, 4.69) is 86.4 Å². The summed E-state index contributed by atoms with van der Waals surface area (Å²) < 4.78 is 0. The fourth-order valence-electron chi connectivity index (χ4n) is 4.21. The first-order valence-electron chi connectivity index (χ1n) is 11.0. The summed E-state index contributed by atoms with van der Waals surface area (Å²) in [6.07, 6.45) is 15.5. The van der Waals surface area contributed by atoms with Gasteiger partial charge in [-0.3, -0.25) is 0 Å². The third-order valence-corrected chi connectivity index (χ3v) is 6.14. The Kier molecular flexibility index (Phi) is 7.98. The molecule has 1 aliphatic rings. The second-order valence-corrected chi connectivity index (χ2v) is 8.38. The van der Waals surface area contributed by atoms with Gasteiger partial charge in [-0.05, 0) is 81.2 Å². The van der Waals surface area contributed by atoms with Crippen LogP contribution in [0.3, 0.4) is 0 Å². The Bertz CT molecular complexity index is 788. The van der Waals surface area contributed by atoms with E-state index in [1.165, 1.54) is 62.5 Å². The predicted octanol–water partition coefficient (Wildman–Crippen LogP) is 7.49. The number of allylic oxidation sites excluding steroid dienone is 2. The maximum atomic E-state index is 3.28. The number of hydrogen-bond donors (Lipinski definition) is 0. The Balaban J connectivity index is 1.42. The summed E-state index contributed by atoms with van der Waals surface area (Å²) >= 11 is 0. The second kappa shape index (κ2) is 10.9. The van der Waals surface area contributed by atoms with Gasteiger partial charge in [-0.2, -0.15) is 0 Å². The van der Waals surface area contributed by atoms with Crippen molar-refractivity contribution >= 4 is 0 Å². The van der Waals surface area contributed by atoms with Crippen LogP contribution in [-0.2, 0) is 6.42 Å². The first kappa shape index (κ1) is 20.5. The zero-order valence-electron chi connectivity index (χ0n) is 17.6. The minimum Gasteiger partial charge on any atom is -0.0917 e. The van der Waals surface area contributed by atoms with E-state index >= 15 is 0 Å². The van der Waals surface area contributed by atoms with Crippen LogP contribution >= 0.6 is 0 Å². The average molecular weight is 371 g/mol. The lowest BCUT2D eigenvalue weighted by atomic mass is 9.78. The number of hydrogen-bond acceptors (Lipinski definition) is 0. The minimum atomic E-state index is 0.930. The van der Waals surface area contributed by atoms with Crippen LogP contribution in [0.4, 0.5) is 0 Å². The van der Waals surface area contributed by atoms with E-state index in [1.54, 1.807) is 0 Å². The SMILES string of the molecule is C/C=C/CCC1CCC(CCc2ccc(C#Cc3ccc(C)cc3)cc2)CC1. The molecule has 0 radical (unpaired) electrons. The summed E-state index contributed by atoms with van der Waals surface area (Å²) in [5.41, 5.74) is 4.91. The van der Waals surface area contributed by atoms with E-state index in [4.69, 9.17) is 0 Å². The van der Waals surface area contributed by atoms with E-state index in [-0.39, 0.29) is 0 Å². The van der Waals surface area contributed by atoms with Crippen LogP contribution in [0.1, 0.15) is 74.1 Å². The van der Waals surface area contributed by atoms with E-state index < -0.39 is 0 Å². The summed E-state index contributed by atoms with van der Waals surface area (Å²) in [7, 11) is 0. The zero-order chi connectivity index (χ0) is 19.6. The highest BCUT2D eigenvalue weighted by Gasteiger charge is 2.20. The monoisotopic (exact) mass is 370 g/mol. The van der Waals surface area contributed by atoms with Crippen LogP contribution in [0, 0.1) is 30.6 Å². The van der Waals surface area contributed by atoms with Crippen LogP contribution < -0.4 is 0 Å². The molecule has 146 valence electrons. The Morgan fingerprint density at radius 2 is 1.32 bits per heavy atom. The smallest absolute Gasteiger partial charge is 0.0249 e. The van der Waals surface area contributed by atoms with Crippen molar-refractivity contribution in [2.75, 3.05) is 0 Å². The summed E-state index contributed by atoms with van der Waals surface area (Å²) in [6.45, 7) is 4.23. The van der Waals surface area contributed by atoms with Crippen molar-refractivity contribution in [3.8, 4) is 11.8 Å². The van der Waals surface area contributed by atoms with Gasteiger partial charge in [0.15, 0.2) is 0 Å². The maximum Gasteiger partial charge on any atom is 0.0249 e. The highest BCUT2D eigenvalue weighted by molar-refractivity contribution is 5.43. The van der Waals surface area contributed by atoms with Crippen LogP contribution in [0.2, 0.25) is 0 Å². The zero-order valence-corrected chi connectivity index (χ0v) is 17.6. The molecule has 1 fully saturated rings. The largest absolute Gasteiger partial charge is 0.0917 e. The molecule has 0 saturated heterocycles. The minimum absolute atomic E-state index is 0.930. The number of rotatable bonds is 6. The molecule has 3 rings (SSSR count). The normalized spacial score (nSPS) is 19.4. The van der Waals surface area contributed by atoms with E-state index in [1.807, 2.05) is 0 Å². The summed E-state index contributed by atoms with van der Waals surface area (Å²) in [5.74, 6) is 8.44. The Hall–Kier alpha value is -2.26. The molecule has 0 N–H and O–H groups in total. The summed E-state index contributed by atoms with van der Waals surface area (Å²) in [5, 5.41) is 0. The lowest BCUT2D eigenvalue weighted by molar-refractivity contribution is 0.254.